The molecule has 2 saturated heterocycles. The van der Waals surface area contributed by atoms with E-state index < -0.39 is 11.1 Å². The molecule has 0 bridgehead atoms. The molecule has 0 saturated carbocycles. The molecule has 0 unspecified atom stereocenters. The number of nitrogens with zero attached hydrogens (tertiary/aromatic N) is 3. The molecule has 2 aromatic rings. The smallest absolute Gasteiger partial charge is 0.294 e. The summed E-state index contributed by atoms with van der Waals surface area (Å²) in [4.78, 5) is 45.1. The number of rotatable bonds is 4. The Bertz CT molecular complexity index is 911. The fourth-order valence-electron chi connectivity index (χ4n) is 3.51. The third-order valence-electron chi connectivity index (χ3n) is 4.88. The molecule has 2 aliphatic rings. The molecule has 3 amide bonds. The van der Waals surface area contributed by atoms with Crippen LogP contribution in [-0.4, -0.2) is 44.9 Å². The number of carbonyl (C=O) groups excluding carboxylic acids is 3. The van der Waals surface area contributed by atoms with E-state index in [2.05, 4.69) is 4.98 Å². The van der Waals surface area contributed by atoms with Gasteiger partial charge >= 0.3 is 0 Å². The maximum Gasteiger partial charge on any atom is 0.294 e. The van der Waals surface area contributed by atoms with Crippen molar-refractivity contribution in [1.29, 1.82) is 0 Å². The van der Waals surface area contributed by atoms with Gasteiger partial charge in [-0.2, -0.15) is 0 Å². The van der Waals surface area contributed by atoms with Crippen LogP contribution in [-0.2, 0) is 9.59 Å². The Morgan fingerprint density at radius 3 is 2.93 bits per heavy atom. The Kier molecular flexibility index (Phi) is 5.29. The van der Waals surface area contributed by atoms with Gasteiger partial charge in [-0.1, -0.05) is 6.07 Å². The van der Waals surface area contributed by atoms with Gasteiger partial charge in [-0.05, 0) is 54.8 Å². The summed E-state index contributed by atoms with van der Waals surface area (Å²) in [5.41, 5.74) is 0.974. The van der Waals surface area contributed by atoms with Crippen LogP contribution in [0.5, 0.6) is 0 Å². The van der Waals surface area contributed by atoms with Crippen LogP contribution in [0.3, 0.4) is 0 Å². The highest BCUT2D eigenvalue weighted by atomic mass is 32.2. The molecule has 2 aromatic heterocycles. The van der Waals surface area contributed by atoms with Crippen LogP contribution in [0.25, 0.3) is 6.08 Å². The molecule has 8 heteroatoms. The predicted molar refractivity (Wildman–Crippen MR) is 104 cm³/mol. The number of likely N-dealkylation sites (tertiary alicyclic amines) is 1. The Hall–Kier alpha value is -2.87. The van der Waals surface area contributed by atoms with Crippen LogP contribution in [0, 0.1) is 0 Å². The van der Waals surface area contributed by atoms with Crippen molar-refractivity contribution in [2.75, 3.05) is 13.1 Å². The van der Waals surface area contributed by atoms with E-state index in [4.69, 9.17) is 4.42 Å². The van der Waals surface area contributed by atoms with Crippen molar-refractivity contribution in [3.05, 3.63) is 59.2 Å². The van der Waals surface area contributed by atoms with Crippen molar-refractivity contribution >= 4 is 34.9 Å². The van der Waals surface area contributed by atoms with Crippen LogP contribution in [0.4, 0.5) is 4.79 Å². The van der Waals surface area contributed by atoms with Crippen LogP contribution in [0.15, 0.2) is 52.2 Å². The topological polar surface area (TPSA) is 83.7 Å². The summed E-state index contributed by atoms with van der Waals surface area (Å²) in [6.45, 7) is 0.355. The number of hydrogen-bond donors (Lipinski definition) is 0. The van der Waals surface area contributed by atoms with Gasteiger partial charge in [0, 0.05) is 25.0 Å². The largest absolute Gasteiger partial charge is 0.465 e. The number of imide groups is 1. The minimum atomic E-state index is -0.463. The lowest BCUT2D eigenvalue weighted by atomic mass is 9.96. The zero-order valence-electron chi connectivity index (χ0n) is 15.1. The lowest BCUT2D eigenvalue weighted by Gasteiger charge is -2.36. The number of piperidine rings is 1. The molecule has 4 heterocycles. The minimum absolute atomic E-state index is 0.0754. The third kappa shape index (κ3) is 3.73. The SMILES string of the molecule is O=C1SC(=Cc2ccco2)C(=O)N1CC(=O)N1CCCC[C@H]1c1cccnc1. The monoisotopic (exact) mass is 397 g/mol. The summed E-state index contributed by atoms with van der Waals surface area (Å²) in [6, 6.07) is 7.13. The molecule has 2 aliphatic heterocycles. The molecule has 2 fully saturated rings. The van der Waals surface area contributed by atoms with Gasteiger partial charge in [0.15, 0.2) is 0 Å². The first-order valence-corrected chi connectivity index (χ1v) is 9.93. The first-order valence-electron chi connectivity index (χ1n) is 9.12. The van der Waals surface area contributed by atoms with Gasteiger partial charge in [0.1, 0.15) is 12.3 Å². The van der Waals surface area contributed by atoms with Crippen molar-refractivity contribution in [1.82, 2.24) is 14.8 Å². The van der Waals surface area contributed by atoms with Gasteiger partial charge < -0.3 is 9.32 Å². The number of carbonyl (C=O) groups is 3. The van der Waals surface area contributed by atoms with E-state index in [9.17, 15) is 14.4 Å². The molecule has 0 aromatic carbocycles. The quantitative estimate of drug-likeness (QED) is 0.735. The molecule has 1 atom stereocenters. The second-order valence-electron chi connectivity index (χ2n) is 6.67. The normalized spacial score (nSPS) is 21.6. The highest BCUT2D eigenvalue weighted by molar-refractivity contribution is 8.18. The Morgan fingerprint density at radius 2 is 2.18 bits per heavy atom. The molecule has 0 radical (unpaired) electrons. The fourth-order valence-corrected chi connectivity index (χ4v) is 4.33. The van der Waals surface area contributed by atoms with Crippen molar-refractivity contribution in [3.8, 4) is 0 Å². The highest BCUT2D eigenvalue weighted by Crippen LogP contribution is 2.34. The zero-order chi connectivity index (χ0) is 19.5. The van der Waals surface area contributed by atoms with Gasteiger partial charge in [0.05, 0.1) is 17.2 Å². The Morgan fingerprint density at radius 1 is 1.29 bits per heavy atom. The van der Waals surface area contributed by atoms with Crippen molar-refractivity contribution < 1.29 is 18.8 Å². The third-order valence-corrected chi connectivity index (χ3v) is 5.78. The molecule has 0 aliphatic carbocycles. The molecule has 0 N–H and O–H groups in total. The molecule has 0 spiro atoms. The van der Waals surface area contributed by atoms with Gasteiger partial charge in [0.25, 0.3) is 11.1 Å². The number of hydrogen-bond acceptors (Lipinski definition) is 6. The number of pyridine rings is 1. The maximum absolute atomic E-state index is 13.0. The summed E-state index contributed by atoms with van der Waals surface area (Å²) in [5, 5.41) is -0.439. The van der Waals surface area contributed by atoms with Crippen molar-refractivity contribution in [2.45, 2.75) is 25.3 Å². The maximum atomic E-state index is 13.0. The average molecular weight is 397 g/mol. The fraction of sp³-hybridized carbons (Fsp3) is 0.300. The van der Waals surface area contributed by atoms with Gasteiger partial charge in [-0.3, -0.25) is 24.3 Å². The van der Waals surface area contributed by atoms with E-state index in [-0.39, 0.29) is 23.4 Å². The molecule has 28 heavy (non-hydrogen) atoms. The molecular formula is C20H19N3O4S. The van der Waals surface area contributed by atoms with Crippen LogP contribution < -0.4 is 0 Å². The molecule has 4 rings (SSSR count). The van der Waals surface area contributed by atoms with E-state index in [1.807, 2.05) is 12.1 Å². The lowest BCUT2D eigenvalue weighted by molar-refractivity contribution is -0.138. The average Bonchev–Trinajstić information content (AvgIpc) is 3.33. The Balaban J connectivity index is 1.49. The van der Waals surface area contributed by atoms with Crippen LogP contribution in [0.1, 0.15) is 36.6 Å². The Labute approximate surface area is 166 Å². The van der Waals surface area contributed by atoms with Gasteiger partial charge in [0.2, 0.25) is 5.91 Å². The van der Waals surface area contributed by atoms with Gasteiger partial charge in [-0.25, -0.2) is 0 Å². The number of furan rings is 1. The number of thioether (sulfide) groups is 1. The molecular weight excluding hydrogens is 378 g/mol. The van der Waals surface area contributed by atoms with Crippen molar-refractivity contribution in [2.24, 2.45) is 0 Å². The minimum Gasteiger partial charge on any atom is -0.465 e. The summed E-state index contributed by atoms with van der Waals surface area (Å²) in [7, 11) is 0. The van der Waals surface area contributed by atoms with E-state index in [1.54, 1.807) is 29.4 Å². The predicted octanol–water partition coefficient (Wildman–Crippen LogP) is 3.46. The highest BCUT2D eigenvalue weighted by Gasteiger charge is 2.38. The second-order valence-corrected chi connectivity index (χ2v) is 7.66. The summed E-state index contributed by atoms with van der Waals surface area (Å²) in [6.07, 6.45) is 9.26. The number of amides is 3. The zero-order valence-corrected chi connectivity index (χ0v) is 15.9. The summed E-state index contributed by atoms with van der Waals surface area (Å²) in [5.74, 6) is -0.200. The van der Waals surface area contributed by atoms with E-state index in [0.29, 0.717) is 12.3 Å². The van der Waals surface area contributed by atoms with E-state index in [1.165, 1.54) is 12.3 Å². The first kappa shape index (κ1) is 18.5. The molecule has 7 nitrogen and oxygen atoms in total. The summed E-state index contributed by atoms with van der Waals surface area (Å²) >= 11 is 0.824. The lowest BCUT2D eigenvalue weighted by Crippen LogP contribution is -2.45. The number of aromatic nitrogens is 1. The first-order chi connectivity index (χ1) is 13.6. The van der Waals surface area contributed by atoms with Crippen LogP contribution >= 0.6 is 11.8 Å². The second kappa shape index (κ2) is 8.02. The van der Waals surface area contributed by atoms with Crippen molar-refractivity contribution in [3.63, 3.8) is 0 Å². The molecule has 144 valence electrons. The summed E-state index contributed by atoms with van der Waals surface area (Å²) < 4.78 is 5.20. The van der Waals surface area contributed by atoms with Crippen LogP contribution in [0.2, 0.25) is 0 Å². The van der Waals surface area contributed by atoms with Gasteiger partial charge in [-0.15, -0.1) is 0 Å². The van der Waals surface area contributed by atoms with E-state index in [0.717, 1.165) is 41.5 Å². The standard InChI is InChI=1S/C20H19N3O4S/c24-18(22-9-2-1-7-16(22)14-5-3-8-21-12-14)13-23-19(25)17(28-20(23)26)11-15-6-4-10-27-15/h3-6,8,10-12,16H,1-2,7,9,13H2/t16-/m0/s1. The van der Waals surface area contributed by atoms with E-state index >= 15 is 0 Å².